The molecule has 17 heavy (non-hydrogen) atoms. The van der Waals surface area contributed by atoms with E-state index in [0.29, 0.717) is 5.41 Å². The lowest BCUT2D eigenvalue weighted by Crippen LogP contribution is -2.39. The molecule has 1 N–H and O–H groups in total. The van der Waals surface area contributed by atoms with Crippen LogP contribution in [0.15, 0.2) is 0 Å². The summed E-state index contributed by atoms with van der Waals surface area (Å²) in [6.45, 7) is 8.53. The van der Waals surface area contributed by atoms with Crippen LogP contribution in [0.1, 0.15) is 52.4 Å². The molecule has 0 aromatic heterocycles. The third-order valence-corrected chi connectivity index (χ3v) is 5.17. The first-order valence-electron chi connectivity index (χ1n) is 7.55. The Labute approximate surface area is 107 Å². The molecule has 2 heteroatoms. The molecule has 1 atom stereocenters. The van der Waals surface area contributed by atoms with Crippen molar-refractivity contribution >= 4 is 0 Å². The fourth-order valence-corrected chi connectivity index (χ4v) is 3.23. The molecule has 1 aliphatic carbocycles. The second-order valence-corrected chi connectivity index (χ2v) is 6.61. The molecule has 0 aromatic rings. The lowest BCUT2D eigenvalue weighted by molar-refractivity contribution is 0.174. The normalized spacial score (nSPS) is 28.6. The summed E-state index contributed by atoms with van der Waals surface area (Å²) in [5, 5.41) is 3.71. The minimum Gasteiger partial charge on any atom is -0.316 e. The van der Waals surface area contributed by atoms with E-state index in [1.54, 1.807) is 0 Å². The van der Waals surface area contributed by atoms with Gasteiger partial charge in [0.15, 0.2) is 0 Å². The van der Waals surface area contributed by atoms with E-state index in [-0.39, 0.29) is 0 Å². The largest absolute Gasteiger partial charge is 0.316 e. The molecule has 0 spiro atoms. The molecule has 1 heterocycles. The summed E-state index contributed by atoms with van der Waals surface area (Å²) >= 11 is 0. The quantitative estimate of drug-likeness (QED) is 0.716. The van der Waals surface area contributed by atoms with Crippen molar-refractivity contribution in [2.75, 3.05) is 26.7 Å². The predicted octanol–water partition coefficient (Wildman–Crippen LogP) is 2.89. The van der Waals surface area contributed by atoms with Crippen LogP contribution in [-0.2, 0) is 0 Å². The summed E-state index contributed by atoms with van der Waals surface area (Å²) < 4.78 is 0. The van der Waals surface area contributed by atoms with Crippen LogP contribution in [0.25, 0.3) is 0 Å². The van der Waals surface area contributed by atoms with E-state index in [4.69, 9.17) is 0 Å². The van der Waals surface area contributed by atoms with Crippen LogP contribution >= 0.6 is 0 Å². The third kappa shape index (κ3) is 3.45. The minimum absolute atomic E-state index is 0.665. The lowest BCUT2D eigenvalue weighted by atomic mass is 9.92. The van der Waals surface area contributed by atoms with Gasteiger partial charge < -0.3 is 10.2 Å². The van der Waals surface area contributed by atoms with Gasteiger partial charge in [-0.1, -0.05) is 20.3 Å². The number of nitrogens with one attached hydrogen (secondary N) is 1. The van der Waals surface area contributed by atoms with Crippen LogP contribution in [0.4, 0.5) is 0 Å². The molecule has 100 valence electrons. The van der Waals surface area contributed by atoms with E-state index in [9.17, 15) is 0 Å². The SMILES string of the molecule is CC(C)C1(CNCCC2CCCCN2C)CC1. The summed E-state index contributed by atoms with van der Waals surface area (Å²) in [7, 11) is 2.29. The lowest BCUT2D eigenvalue weighted by Gasteiger charge is -2.32. The van der Waals surface area contributed by atoms with Gasteiger partial charge in [-0.05, 0) is 63.6 Å². The van der Waals surface area contributed by atoms with Crippen LogP contribution in [0.2, 0.25) is 0 Å². The number of piperidine rings is 1. The summed E-state index contributed by atoms with van der Waals surface area (Å²) in [6, 6.07) is 0.838. The van der Waals surface area contributed by atoms with E-state index in [1.807, 2.05) is 0 Å². The van der Waals surface area contributed by atoms with Gasteiger partial charge in [0.1, 0.15) is 0 Å². The van der Waals surface area contributed by atoms with Gasteiger partial charge in [-0.15, -0.1) is 0 Å². The van der Waals surface area contributed by atoms with Crippen molar-refractivity contribution in [1.82, 2.24) is 10.2 Å². The zero-order chi connectivity index (χ0) is 12.3. The molecule has 2 rings (SSSR count). The van der Waals surface area contributed by atoms with Gasteiger partial charge in [0.05, 0.1) is 0 Å². The van der Waals surface area contributed by atoms with Crippen molar-refractivity contribution in [3.05, 3.63) is 0 Å². The van der Waals surface area contributed by atoms with Crippen LogP contribution in [-0.4, -0.2) is 37.6 Å². The van der Waals surface area contributed by atoms with Gasteiger partial charge in [0.2, 0.25) is 0 Å². The van der Waals surface area contributed by atoms with Crippen LogP contribution < -0.4 is 5.32 Å². The molecule has 0 bridgehead atoms. The minimum atomic E-state index is 0.665. The van der Waals surface area contributed by atoms with Crippen molar-refractivity contribution < 1.29 is 0 Å². The maximum atomic E-state index is 3.71. The Hall–Kier alpha value is -0.0800. The highest BCUT2D eigenvalue weighted by Crippen LogP contribution is 2.51. The zero-order valence-corrected chi connectivity index (χ0v) is 12.0. The average Bonchev–Trinajstić information content (AvgIpc) is 3.08. The van der Waals surface area contributed by atoms with Gasteiger partial charge in [-0.3, -0.25) is 0 Å². The van der Waals surface area contributed by atoms with Gasteiger partial charge in [0, 0.05) is 12.6 Å². The number of hydrogen-bond acceptors (Lipinski definition) is 2. The van der Waals surface area contributed by atoms with Crippen LogP contribution in [0.3, 0.4) is 0 Å². The van der Waals surface area contributed by atoms with Crippen molar-refractivity contribution in [3.63, 3.8) is 0 Å². The van der Waals surface area contributed by atoms with Crippen molar-refractivity contribution in [3.8, 4) is 0 Å². The van der Waals surface area contributed by atoms with Gasteiger partial charge >= 0.3 is 0 Å². The molecule has 1 saturated carbocycles. The first-order chi connectivity index (χ1) is 8.14. The van der Waals surface area contributed by atoms with Gasteiger partial charge in [-0.2, -0.15) is 0 Å². The van der Waals surface area contributed by atoms with Crippen LogP contribution in [0, 0.1) is 11.3 Å². The molecule has 0 aromatic carbocycles. The molecule has 2 nitrogen and oxygen atoms in total. The molecule has 2 aliphatic rings. The highest BCUT2D eigenvalue weighted by Gasteiger charge is 2.44. The highest BCUT2D eigenvalue weighted by molar-refractivity contribution is 4.97. The van der Waals surface area contributed by atoms with E-state index in [0.717, 1.165) is 12.0 Å². The first-order valence-corrected chi connectivity index (χ1v) is 7.55. The van der Waals surface area contributed by atoms with E-state index in [1.165, 1.54) is 58.2 Å². The van der Waals surface area contributed by atoms with Crippen LogP contribution in [0.5, 0.6) is 0 Å². The molecule has 1 aliphatic heterocycles. The Bertz CT molecular complexity index is 233. The summed E-state index contributed by atoms with van der Waals surface area (Å²) in [5.74, 6) is 0.854. The topological polar surface area (TPSA) is 15.3 Å². The highest BCUT2D eigenvalue weighted by atomic mass is 15.1. The number of hydrogen-bond donors (Lipinski definition) is 1. The second-order valence-electron chi connectivity index (χ2n) is 6.61. The Morgan fingerprint density at radius 2 is 2.06 bits per heavy atom. The summed E-state index contributed by atoms with van der Waals surface area (Å²) in [6.07, 6.45) is 8.47. The average molecular weight is 238 g/mol. The Kier molecular flexibility index (Phi) is 4.48. The maximum Gasteiger partial charge on any atom is 0.0104 e. The van der Waals surface area contributed by atoms with Gasteiger partial charge in [0.25, 0.3) is 0 Å². The second kappa shape index (κ2) is 5.71. The zero-order valence-electron chi connectivity index (χ0n) is 12.0. The molecule has 1 saturated heterocycles. The Morgan fingerprint density at radius 3 is 2.65 bits per heavy atom. The summed E-state index contributed by atoms with van der Waals surface area (Å²) in [4.78, 5) is 2.56. The van der Waals surface area contributed by atoms with E-state index in [2.05, 4.69) is 31.1 Å². The number of rotatable bonds is 6. The van der Waals surface area contributed by atoms with E-state index < -0.39 is 0 Å². The summed E-state index contributed by atoms with van der Waals surface area (Å²) in [5.41, 5.74) is 0.665. The molecular formula is C15H30N2. The fraction of sp³-hybridized carbons (Fsp3) is 1.00. The molecular weight excluding hydrogens is 208 g/mol. The Balaban J connectivity index is 1.60. The van der Waals surface area contributed by atoms with Crippen molar-refractivity contribution in [1.29, 1.82) is 0 Å². The number of likely N-dealkylation sites (tertiary alicyclic amines) is 1. The number of nitrogens with zero attached hydrogens (tertiary/aromatic N) is 1. The molecule has 2 fully saturated rings. The molecule has 0 radical (unpaired) electrons. The van der Waals surface area contributed by atoms with Gasteiger partial charge in [-0.25, -0.2) is 0 Å². The fourth-order valence-electron chi connectivity index (χ4n) is 3.23. The monoisotopic (exact) mass is 238 g/mol. The standard InChI is InChI=1S/C15H30N2/c1-13(2)15(8-9-15)12-16-10-7-14-6-4-5-11-17(14)3/h13-14,16H,4-12H2,1-3H3. The van der Waals surface area contributed by atoms with Crippen molar-refractivity contribution in [2.24, 2.45) is 11.3 Å². The van der Waals surface area contributed by atoms with Crippen molar-refractivity contribution in [2.45, 2.75) is 58.4 Å². The third-order valence-electron chi connectivity index (χ3n) is 5.17. The predicted molar refractivity (Wildman–Crippen MR) is 74.3 cm³/mol. The first kappa shape index (κ1) is 13.4. The maximum absolute atomic E-state index is 3.71. The smallest absolute Gasteiger partial charge is 0.0104 e. The molecule has 0 amide bonds. The van der Waals surface area contributed by atoms with E-state index >= 15 is 0 Å². The Morgan fingerprint density at radius 1 is 1.29 bits per heavy atom. The molecule has 1 unspecified atom stereocenters.